The van der Waals surface area contributed by atoms with Crippen LogP contribution in [0.5, 0.6) is 11.6 Å². The highest BCUT2D eigenvalue weighted by Crippen LogP contribution is 2.34. The summed E-state index contributed by atoms with van der Waals surface area (Å²) in [6, 6.07) is 4.51. The van der Waals surface area contributed by atoms with Gasteiger partial charge in [-0.05, 0) is 37.6 Å². The first kappa shape index (κ1) is 38.8. The molecular weight excluding hydrogens is 792 g/mol. The van der Waals surface area contributed by atoms with Crippen LogP contribution in [0.1, 0.15) is 34.4 Å². The Kier molecular flexibility index (Phi) is 10.1. The number of rotatable bonds is 9. The summed E-state index contributed by atoms with van der Waals surface area (Å²) in [5.74, 6) is -3.84. The van der Waals surface area contributed by atoms with E-state index in [9.17, 15) is 41.4 Å². The highest BCUT2D eigenvalue weighted by atomic mass is 35.5. The number of pyridine rings is 1. The van der Waals surface area contributed by atoms with Crippen LogP contribution in [0.25, 0.3) is 22.7 Å². The van der Waals surface area contributed by atoms with Crippen LogP contribution in [0.15, 0.2) is 47.7 Å². The molecule has 1 saturated heterocycles. The molecule has 0 unspecified atom stereocenters. The molecule has 2 N–H and O–H groups in total. The second kappa shape index (κ2) is 14.9. The third kappa shape index (κ3) is 7.34. The molecule has 0 saturated carbocycles. The summed E-state index contributed by atoms with van der Waals surface area (Å²) in [4.78, 5) is 56.5. The van der Waals surface area contributed by atoms with Gasteiger partial charge in [-0.15, -0.1) is 10.2 Å². The maximum atomic E-state index is 15.9. The molecule has 23 heteroatoms. The molecule has 1 aliphatic heterocycles. The van der Waals surface area contributed by atoms with Crippen molar-refractivity contribution in [3.63, 3.8) is 0 Å². The number of piperazine rings is 1. The first-order valence-corrected chi connectivity index (χ1v) is 17.3. The van der Waals surface area contributed by atoms with E-state index >= 15 is 4.39 Å². The van der Waals surface area contributed by atoms with Gasteiger partial charge in [0.15, 0.2) is 23.1 Å². The number of carbonyl (C=O) groups excluding carboxylic acids is 2. The molecule has 1 aliphatic rings. The lowest BCUT2D eigenvalue weighted by Gasteiger charge is -2.36. The van der Waals surface area contributed by atoms with Crippen LogP contribution in [-0.2, 0) is 23.9 Å². The molecular formula is C34H28ClF6N11O5. The number of alkyl halides is 5. The second-order valence-corrected chi connectivity index (χ2v) is 13.0. The van der Waals surface area contributed by atoms with Gasteiger partial charge in [0, 0.05) is 38.4 Å². The minimum atomic E-state index is -4.69. The van der Waals surface area contributed by atoms with Gasteiger partial charge in [0.25, 0.3) is 11.5 Å². The zero-order valence-electron chi connectivity index (χ0n) is 29.6. The number of nitrogens with zero attached hydrogens (tertiary/aromatic N) is 10. The number of ether oxygens (including phenoxy) is 1. The molecule has 298 valence electrons. The number of nitrogens with one attached hydrogen (secondary N) is 1. The van der Waals surface area contributed by atoms with Crippen LogP contribution in [-0.4, -0.2) is 93.4 Å². The number of aromatic nitrogens is 8. The van der Waals surface area contributed by atoms with Gasteiger partial charge in [0.05, 0.1) is 33.2 Å². The number of halogens is 7. The summed E-state index contributed by atoms with van der Waals surface area (Å²) in [5.41, 5.74) is -2.09. The number of fused-ring (bicyclic) bond motifs is 2. The Bertz CT molecular complexity index is 2620. The molecule has 0 atom stereocenters. The maximum Gasteiger partial charge on any atom is 0.416 e. The summed E-state index contributed by atoms with van der Waals surface area (Å²) in [5, 5.41) is 20.5. The fraction of sp³-hybridized carbons (Fsp3) is 0.294. The Balaban J connectivity index is 1.29. The Hall–Kier alpha value is -6.45. The second-order valence-electron chi connectivity index (χ2n) is 12.6. The number of aromatic hydroxyl groups is 1. The van der Waals surface area contributed by atoms with E-state index in [4.69, 9.17) is 11.6 Å². The number of amides is 2. The van der Waals surface area contributed by atoms with Gasteiger partial charge in [-0.3, -0.25) is 14.4 Å². The Morgan fingerprint density at radius 1 is 1.07 bits per heavy atom. The lowest BCUT2D eigenvalue weighted by Crippen LogP contribution is -2.51. The number of anilines is 2. The molecule has 57 heavy (non-hydrogen) atoms. The number of aryl methyl sites for hydroxylation is 1. The van der Waals surface area contributed by atoms with Crippen LogP contribution < -0.4 is 20.5 Å². The minimum Gasteiger partial charge on any atom is -0.504 e. The molecule has 0 radical (unpaired) electrons. The third-order valence-corrected chi connectivity index (χ3v) is 9.44. The van der Waals surface area contributed by atoms with E-state index in [1.807, 2.05) is 0 Å². The van der Waals surface area contributed by atoms with Crippen LogP contribution in [0.2, 0.25) is 5.02 Å². The number of hydrogen-bond donors (Lipinski definition) is 2. The lowest BCUT2D eigenvalue weighted by molar-refractivity contribution is -0.137. The Morgan fingerprint density at radius 2 is 1.81 bits per heavy atom. The van der Waals surface area contributed by atoms with Crippen LogP contribution in [0.3, 0.4) is 0 Å². The fourth-order valence-corrected chi connectivity index (χ4v) is 6.63. The maximum absolute atomic E-state index is 15.9. The normalized spacial score (nSPS) is 13.6. The first-order valence-electron chi connectivity index (χ1n) is 16.9. The van der Waals surface area contributed by atoms with Crippen molar-refractivity contribution in [1.29, 1.82) is 0 Å². The molecule has 16 nitrogen and oxygen atoms in total. The molecule has 7 rings (SSSR count). The minimum absolute atomic E-state index is 0.0649. The molecule has 1 fully saturated rings. The van der Waals surface area contributed by atoms with Gasteiger partial charge in [-0.25, -0.2) is 18.9 Å². The van der Waals surface area contributed by atoms with E-state index in [1.54, 1.807) is 11.8 Å². The third-order valence-electron chi connectivity index (χ3n) is 9.13. The standard InChI is InChI=1S/C34H28ClF6N11O5/c1-3-21-27(48-8-10-49(11-9-48)30(55)26-28(54)16(2)42-15-43-26)31(56)52-33(50(21)14-23(53)44-20-5-4-17(12-19(20)35)34(39,40)41)45-29(47-52)18-6-7-51-22(25(18)36)13-24(46-51)57-32(37)38/h4-7,12-13,15,32,54H,3,8-11,14H2,1-2H3,(H,44,53). The Labute approximate surface area is 320 Å². The summed E-state index contributed by atoms with van der Waals surface area (Å²) >= 11 is 6.10. The van der Waals surface area contributed by atoms with Gasteiger partial charge < -0.3 is 29.5 Å². The van der Waals surface area contributed by atoms with Crippen LogP contribution in [0.4, 0.5) is 37.7 Å². The summed E-state index contributed by atoms with van der Waals surface area (Å²) in [7, 11) is 0. The van der Waals surface area contributed by atoms with E-state index in [-0.39, 0.29) is 89.5 Å². The highest BCUT2D eigenvalue weighted by Gasteiger charge is 2.33. The van der Waals surface area contributed by atoms with E-state index in [0.717, 1.165) is 33.6 Å². The molecule has 2 amide bonds. The number of benzene rings is 1. The molecule has 5 aromatic heterocycles. The molecule has 1 aromatic carbocycles. The SMILES string of the molecule is CCc1c(N2CCN(C(=O)c3ncnc(C)c3O)CC2)c(=O)n2nc(-c3ccn4nc(OC(F)F)cc4c3F)nc2n1CC(=O)Nc1ccc(C(F)(F)F)cc1Cl. The quantitative estimate of drug-likeness (QED) is 0.195. The van der Waals surface area contributed by atoms with Gasteiger partial charge in [-0.1, -0.05) is 18.5 Å². The monoisotopic (exact) mass is 819 g/mol. The van der Waals surface area contributed by atoms with Crippen molar-refractivity contribution >= 4 is 46.1 Å². The molecule has 0 bridgehead atoms. The average Bonchev–Trinajstić information content (AvgIpc) is 3.79. The van der Waals surface area contributed by atoms with Crippen molar-refractivity contribution in [2.24, 2.45) is 0 Å². The summed E-state index contributed by atoms with van der Waals surface area (Å²) < 4.78 is 88.8. The fourth-order valence-electron chi connectivity index (χ4n) is 6.40. The van der Waals surface area contributed by atoms with Crippen LogP contribution in [0, 0.1) is 12.7 Å². The number of carbonyl (C=O) groups is 2. The first-order chi connectivity index (χ1) is 27.0. The van der Waals surface area contributed by atoms with Gasteiger partial charge >= 0.3 is 12.8 Å². The van der Waals surface area contributed by atoms with E-state index in [0.29, 0.717) is 6.07 Å². The average molecular weight is 820 g/mol. The van der Waals surface area contributed by atoms with E-state index in [2.05, 4.69) is 35.2 Å². The molecule has 0 spiro atoms. The predicted octanol–water partition coefficient (Wildman–Crippen LogP) is 4.59. The topological polar surface area (TPSA) is 177 Å². The zero-order chi connectivity index (χ0) is 40.9. The largest absolute Gasteiger partial charge is 0.504 e. The van der Waals surface area contributed by atoms with Crippen molar-refractivity contribution in [3.8, 4) is 23.0 Å². The molecule has 6 aromatic rings. The molecule has 6 heterocycles. The summed E-state index contributed by atoms with van der Waals surface area (Å²) in [6.07, 6.45) is -2.19. The Morgan fingerprint density at radius 3 is 2.47 bits per heavy atom. The van der Waals surface area contributed by atoms with Gasteiger partial charge in [0.1, 0.15) is 24.1 Å². The highest BCUT2D eigenvalue weighted by molar-refractivity contribution is 6.33. The molecule has 0 aliphatic carbocycles. The van der Waals surface area contributed by atoms with Crippen molar-refractivity contribution in [1.82, 2.24) is 43.6 Å². The summed E-state index contributed by atoms with van der Waals surface area (Å²) in [6.45, 7) is -0.269. The van der Waals surface area contributed by atoms with Crippen molar-refractivity contribution in [2.45, 2.75) is 39.6 Å². The van der Waals surface area contributed by atoms with Crippen LogP contribution >= 0.6 is 11.6 Å². The van der Waals surface area contributed by atoms with Gasteiger partial charge in [-0.2, -0.15) is 31.5 Å². The van der Waals surface area contributed by atoms with E-state index < -0.39 is 59.0 Å². The smallest absolute Gasteiger partial charge is 0.416 e. The zero-order valence-corrected chi connectivity index (χ0v) is 30.3. The lowest BCUT2D eigenvalue weighted by atomic mass is 10.2. The number of hydrogen-bond acceptors (Lipinski definition) is 11. The van der Waals surface area contributed by atoms with Crippen molar-refractivity contribution < 1.29 is 45.8 Å². The van der Waals surface area contributed by atoms with E-state index in [1.165, 1.54) is 28.7 Å². The predicted molar refractivity (Wildman–Crippen MR) is 189 cm³/mol. The van der Waals surface area contributed by atoms with Crippen molar-refractivity contribution in [3.05, 3.63) is 86.7 Å². The van der Waals surface area contributed by atoms with Gasteiger partial charge in [0.2, 0.25) is 17.6 Å². The van der Waals surface area contributed by atoms with Crippen molar-refractivity contribution in [2.75, 3.05) is 36.4 Å².